The molecule has 5 unspecified atom stereocenters. The van der Waals surface area contributed by atoms with Gasteiger partial charge in [0.2, 0.25) is 17.7 Å². The van der Waals surface area contributed by atoms with Gasteiger partial charge in [0.15, 0.2) is 0 Å². The van der Waals surface area contributed by atoms with Gasteiger partial charge in [-0.3, -0.25) is 14.4 Å². The van der Waals surface area contributed by atoms with Gasteiger partial charge in [-0.2, -0.15) is 0 Å². The van der Waals surface area contributed by atoms with E-state index in [1.54, 1.807) is 13.1 Å². The first-order chi connectivity index (χ1) is 16.9. The second kappa shape index (κ2) is 13.1. The van der Waals surface area contributed by atoms with Gasteiger partial charge in [0, 0.05) is 23.5 Å². The second-order valence-corrected chi connectivity index (χ2v) is 9.80. The number of H-pyrrole nitrogens is 1. The number of amides is 3. The number of aromatic nitrogens is 1. The van der Waals surface area contributed by atoms with E-state index in [4.69, 9.17) is 5.73 Å². The van der Waals surface area contributed by atoms with Gasteiger partial charge in [-0.05, 0) is 36.8 Å². The van der Waals surface area contributed by atoms with Crippen LogP contribution in [-0.4, -0.2) is 57.9 Å². The molecule has 0 fully saturated rings. The van der Waals surface area contributed by atoms with E-state index in [1.165, 1.54) is 6.92 Å². The zero-order chi connectivity index (χ0) is 27.0. The lowest BCUT2D eigenvalue weighted by atomic mass is 9.97. The van der Waals surface area contributed by atoms with Crippen molar-refractivity contribution in [1.29, 1.82) is 0 Å². The van der Waals surface area contributed by atoms with Crippen LogP contribution in [0.3, 0.4) is 0 Å². The first kappa shape index (κ1) is 28.8. The molecule has 0 aliphatic carbocycles. The lowest BCUT2D eigenvalue weighted by Gasteiger charge is -2.27. The normalized spacial score (nSPS) is 15.5. The third kappa shape index (κ3) is 7.81. The number of aromatic amines is 1. The highest BCUT2D eigenvalue weighted by atomic mass is 16.4. The monoisotopic (exact) mass is 501 g/mol. The fraction of sp³-hybridized carbons (Fsp3) is 0.538. The molecule has 36 heavy (non-hydrogen) atoms. The van der Waals surface area contributed by atoms with Crippen molar-refractivity contribution in [3.05, 3.63) is 36.0 Å². The first-order valence-corrected chi connectivity index (χ1v) is 12.4. The van der Waals surface area contributed by atoms with E-state index in [2.05, 4.69) is 20.9 Å². The Morgan fingerprint density at radius 3 is 2.25 bits per heavy atom. The molecule has 0 saturated carbocycles. The average Bonchev–Trinajstić information content (AvgIpc) is 3.23. The number of carboxylic acids is 1. The number of para-hydroxylation sites is 1. The molecule has 5 atom stereocenters. The van der Waals surface area contributed by atoms with Gasteiger partial charge in [-0.25, -0.2) is 4.79 Å². The molecular formula is C26H39N5O5. The number of benzene rings is 1. The molecule has 3 amide bonds. The summed E-state index contributed by atoms with van der Waals surface area (Å²) in [6, 6.07) is 3.68. The van der Waals surface area contributed by atoms with E-state index >= 15 is 0 Å². The predicted octanol–water partition coefficient (Wildman–Crippen LogP) is 1.69. The van der Waals surface area contributed by atoms with Crippen LogP contribution < -0.4 is 21.7 Å². The lowest BCUT2D eigenvalue weighted by molar-refractivity contribution is -0.142. The standard InChI is InChI=1S/C26H39N5O5/c1-6-15(4)22(31-23(32)16(5)29-24(33)19(27)11-14(2)3)25(34)30-21(26(35)36)12-17-13-28-20-10-8-7-9-18(17)20/h7-10,13-16,19,21-22,28H,6,11-12,27H2,1-5H3,(H,29,33)(H,30,34)(H,31,32)(H,35,36). The van der Waals surface area contributed by atoms with Gasteiger partial charge < -0.3 is 31.8 Å². The van der Waals surface area contributed by atoms with Crippen molar-refractivity contribution in [3.8, 4) is 0 Å². The molecule has 0 spiro atoms. The molecule has 0 radical (unpaired) electrons. The predicted molar refractivity (Wildman–Crippen MR) is 138 cm³/mol. The van der Waals surface area contributed by atoms with Gasteiger partial charge >= 0.3 is 5.97 Å². The molecule has 1 heterocycles. The summed E-state index contributed by atoms with van der Waals surface area (Å²) in [7, 11) is 0. The molecule has 0 aliphatic heterocycles. The smallest absolute Gasteiger partial charge is 0.326 e. The van der Waals surface area contributed by atoms with Crippen molar-refractivity contribution in [2.75, 3.05) is 0 Å². The number of aliphatic carboxylic acids is 1. The number of nitrogens with two attached hydrogens (primary N) is 1. The molecule has 0 bridgehead atoms. The summed E-state index contributed by atoms with van der Waals surface area (Å²) < 4.78 is 0. The Hall–Kier alpha value is -3.40. The minimum absolute atomic E-state index is 0.0759. The number of rotatable bonds is 13. The first-order valence-electron chi connectivity index (χ1n) is 12.4. The van der Waals surface area contributed by atoms with Crippen LogP contribution in [0.2, 0.25) is 0 Å². The summed E-state index contributed by atoms with van der Waals surface area (Å²) in [4.78, 5) is 53.4. The quantitative estimate of drug-likeness (QED) is 0.244. The molecule has 1 aromatic carbocycles. The van der Waals surface area contributed by atoms with Crippen LogP contribution in [0.1, 0.15) is 53.0 Å². The topological polar surface area (TPSA) is 166 Å². The molecule has 2 rings (SSSR count). The van der Waals surface area contributed by atoms with Crippen molar-refractivity contribution in [2.45, 2.75) is 78.0 Å². The maximum atomic E-state index is 13.2. The number of hydrogen-bond acceptors (Lipinski definition) is 5. The summed E-state index contributed by atoms with van der Waals surface area (Å²) in [5, 5.41) is 18.5. The number of fused-ring (bicyclic) bond motifs is 1. The van der Waals surface area contributed by atoms with Crippen LogP contribution in [0.5, 0.6) is 0 Å². The maximum absolute atomic E-state index is 13.2. The largest absolute Gasteiger partial charge is 0.480 e. The van der Waals surface area contributed by atoms with Gasteiger partial charge in [0.1, 0.15) is 18.1 Å². The molecule has 7 N–H and O–H groups in total. The second-order valence-electron chi connectivity index (χ2n) is 9.80. The van der Waals surface area contributed by atoms with E-state index in [-0.39, 0.29) is 18.3 Å². The summed E-state index contributed by atoms with van der Waals surface area (Å²) in [6.45, 7) is 9.07. The van der Waals surface area contributed by atoms with Gasteiger partial charge in [0.25, 0.3) is 0 Å². The van der Waals surface area contributed by atoms with E-state index in [1.807, 2.05) is 45.0 Å². The van der Waals surface area contributed by atoms with E-state index in [0.29, 0.717) is 12.8 Å². The van der Waals surface area contributed by atoms with Crippen LogP contribution in [-0.2, 0) is 25.6 Å². The maximum Gasteiger partial charge on any atom is 0.326 e. The highest BCUT2D eigenvalue weighted by Gasteiger charge is 2.32. The van der Waals surface area contributed by atoms with Crippen molar-refractivity contribution >= 4 is 34.6 Å². The van der Waals surface area contributed by atoms with Crippen molar-refractivity contribution in [3.63, 3.8) is 0 Å². The van der Waals surface area contributed by atoms with Gasteiger partial charge in [-0.15, -0.1) is 0 Å². The molecule has 10 nitrogen and oxygen atoms in total. The summed E-state index contributed by atoms with van der Waals surface area (Å²) >= 11 is 0. The molecule has 1 aromatic heterocycles. The van der Waals surface area contributed by atoms with Crippen LogP contribution in [0.15, 0.2) is 30.5 Å². The van der Waals surface area contributed by atoms with Crippen molar-refractivity contribution in [2.24, 2.45) is 17.6 Å². The minimum Gasteiger partial charge on any atom is -0.480 e. The fourth-order valence-electron chi connectivity index (χ4n) is 3.96. The minimum atomic E-state index is -1.19. The van der Waals surface area contributed by atoms with Crippen molar-refractivity contribution in [1.82, 2.24) is 20.9 Å². The lowest BCUT2D eigenvalue weighted by Crippen LogP contribution is -2.58. The van der Waals surface area contributed by atoms with Gasteiger partial charge in [-0.1, -0.05) is 52.3 Å². The Balaban J connectivity index is 2.09. The van der Waals surface area contributed by atoms with Crippen LogP contribution >= 0.6 is 0 Å². The average molecular weight is 502 g/mol. The van der Waals surface area contributed by atoms with E-state index in [0.717, 1.165) is 16.5 Å². The molecule has 2 aromatic rings. The van der Waals surface area contributed by atoms with Crippen LogP contribution in [0.4, 0.5) is 0 Å². The summed E-state index contributed by atoms with van der Waals surface area (Å²) in [5.74, 6) is -2.82. The highest BCUT2D eigenvalue weighted by molar-refractivity contribution is 5.94. The Kier molecular flexibility index (Phi) is 10.5. The summed E-state index contributed by atoms with van der Waals surface area (Å²) in [6.07, 6.45) is 2.85. The number of carboxylic acid groups (broad SMARTS) is 1. The Labute approximate surface area is 211 Å². The number of hydrogen-bond donors (Lipinski definition) is 6. The Bertz CT molecular complexity index is 1070. The number of nitrogens with one attached hydrogen (secondary N) is 4. The SMILES string of the molecule is CCC(C)C(NC(=O)C(C)NC(=O)C(N)CC(C)C)C(=O)NC(Cc1c[nH]c2ccccc12)C(=O)O. The van der Waals surface area contributed by atoms with E-state index < -0.39 is 47.9 Å². The Morgan fingerprint density at radius 1 is 0.972 bits per heavy atom. The van der Waals surface area contributed by atoms with Crippen molar-refractivity contribution < 1.29 is 24.3 Å². The molecule has 0 saturated heterocycles. The van der Waals surface area contributed by atoms with Crippen LogP contribution in [0.25, 0.3) is 10.9 Å². The zero-order valence-electron chi connectivity index (χ0n) is 21.6. The number of carbonyl (C=O) groups excluding carboxylic acids is 3. The molecule has 0 aliphatic rings. The number of carbonyl (C=O) groups is 4. The van der Waals surface area contributed by atoms with E-state index in [9.17, 15) is 24.3 Å². The highest BCUT2D eigenvalue weighted by Crippen LogP contribution is 2.19. The molecule has 10 heteroatoms. The van der Waals surface area contributed by atoms with Gasteiger partial charge in [0.05, 0.1) is 6.04 Å². The molecule has 198 valence electrons. The Morgan fingerprint density at radius 2 is 1.64 bits per heavy atom. The van der Waals surface area contributed by atoms with Crippen LogP contribution in [0, 0.1) is 11.8 Å². The third-order valence-corrected chi connectivity index (χ3v) is 6.32. The zero-order valence-corrected chi connectivity index (χ0v) is 21.6. The fourth-order valence-corrected chi connectivity index (χ4v) is 3.96. The molecular weight excluding hydrogens is 462 g/mol. The summed E-state index contributed by atoms with van der Waals surface area (Å²) in [5.41, 5.74) is 7.53. The third-order valence-electron chi connectivity index (χ3n) is 6.32.